The molecule has 3 aliphatic rings. The van der Waals surface area contributed by atoms with E-state index in [-0.39, 0.29) is 28.3 Å². The number of pyridine rings is 1. The summed E-state index contributed by atoms with van der Waals surface area (Å²) in [6.07, 6.45) is 9.39. The van der Waals surface area contributed by atoms with Crippen LogP contribution in [0.25, 0.3) is 5.65 Å². The second-order valence-corrected chi connectivity index (χ2v) is 11.5. The molecule has 0 aromatic carbocycles. The Morgan fingerprint density at radius 3 is 2.85 bits per heavy atom. The van der Waals surface area contributed by atoms with Crippen molar-refractivity contribution in [2.24, 2.45) is 5.16 Å². The molecule has 6 rings (SSSR count). The number of oxime groups is 1. The van der Waals surface area contributed by atoms with Crippen LogP contribution in [0.15, 0.2) is 58.6 Å². The molecule has 1 saturated carbocycles. The molecule has 0 spiro atoms. The number of nitrogens with two attached hydrogens (primary N) is 1. The number of hydrogen-bond acceptors (Lipinski definition) is 9. The minimum absolute atomic E-state index is 0.0391. The second kappa shape index (κ2) is 10.3. The molecule has 4 N–H and O–H groups in total. The number of thioether (sulfide) groups is 1. The molecule has 2 atom stereocenters. The van der Waals surface area contributed by atoms with Gasteiger partial charge in [0.05, 0.1) is 6.20 Å². The molecule has 14 heteroatoms. The first kappa shape index (κ1) is 25.4. The van der Waals surface area contributed by atoms with Gasteiger partial charge in [0, 0.05) is 22.8 Å². The predicted octanol–water partition coefficient (Wildman–Crippen LogP) is 1.37. The SMILES string of the molecule is Nc1nc(/C(=N/OC2CCCC2)C(=O)N[C@@H]2C(=O)N3C(C(=O)O)=C(C[n+]4ccn5ccccc54)CS[C@@H]23)cs1. The molecule has 12 nitrogen and oxygen atoms in total. The van der Waals surface area contributed by atoms with Gasteiger partial charge in [-0.3, -0.25) is 14.5 Å². The van der Waals surface area contributed by atoms with E-state index in [2.05, 4.69) is 15.5 Å². The van der Waals surface area contributed by atoms with Crippen LogP contribution in [0.4, 0.5) is 5.13 Å². The number of β-lactam (4-membered cyclic amide) rings is 1. The zero-order valence-corrected chi connectivity index (χ0v) is 22.4. The lowest BCUT2D eigenvalue weighted by molar-refractivity contribution is -0.662. The maximum atomic E-state index is 13.3. The fourth-order valence-electron chi connectivity index (χ4n) is 5.12. The van der Waals surface area contributed by atoms with Crippen molar-refractivity contribution in [2.45, 2.75) is 49.7 Å². The number of hydrogen-bond donors (Lipinski definition) is 3. The molecule has 1 aliphatic carbocycles. The topological polar surface area (TPSA) is 155 Å². The number of amides is 2. The smallest absolute Gasteiger partial charge is 0.352 e. The van der Waals surface area contributed by atoms with Crippen molar-refractivity contribution in [1.29, 1.82) is 0 Å². The first-order chi connectivity index (χ1) is 18.9. The Bertz CT molecular complexity index is 1520. The van der Waals surface area contributed by atoms with E-state index >= 15 is 0 Å². The van der Waals surface area contributed by atoms with Crippen molar-refractivity contribution in [3.8, 4) is 0 Å². The fourth-order valence-corrected chi connectivity index (χ4v) is 7.00. The molecule has 5 heterocycles. The van der Waals surface area contributed by atoms with E-state index in [1.165, 1.54) is 28.0 Å². The summed E-state index contributed by atoms with van der Waals surface area (Å²) < 4.78 is 3.88. The van der Waals surface area contributed by atoms with Gasteiger partial charge in [-0.25, -0.2) is 18.7 Å². The first-order valence-electron chi connectivity index (χ1n) is 12.5. The number of carboxylic acid groups (broad SMARTS) is 1. The van der Waals surface area contributed by atoms with Crippen LogP contribution in [0.3, 0.4) is 0 Å². The number of imidazole rings is 1. The van der Waals surface area contributed by atoms with Crippen LogP contribution in [0, 0.1) is 0 Å². The molecule has 1 saturated heterocycles. The van der Waals surface area contributed by atoms with Gasteiger partial charge >= 0.3 is 5.97 Å². The van der Waals surface area contributed by atoms with Crippen LogP contribution in [-0.4, -0.2) is 66.2 Å². The molecule has 2 fully saturated rings. The molecule has 0 radical (unpaired) electrons. The maximum Gasteiger partial charge on any atom is 0.352 e. The highest BCUT2D eigenvalue weighted by Crippen LogP contribution is 2.40. The van der Waals surface area contributed by atoms with Gasteiger partial charge < -0.3 is 21.0 Å². The lowest BCUT2D eigenvalue weighted by Crippen LogP contribution is -2.71. The highest BCUT2D eigenvalue weighted by Gasteiger charge is 2.54. The van der Waals surface area contributed by atoms with Gasteiger partial charge in [0.2, 0.25) is 0 Å². The van der Waals surface area contributed by atoms with Crippen LogP contribution in [0.5, 0.6) is 0 Å². The number of aromatic nitrogens is 3. The average molecular weight is 569 g/mol. The molecule has 3 aromatic heterocycles. The number of nitrogens with zero attached hydrogens (tertiary/aromatic N) is 5. The van der Waals surface area contributed by atoms with Crippen molar-refractivity contribution in [3.05, 3.63) is 59.1 Å². The van der Waals surface area contributed by atoms with Crippen LogP contribution < -0.4 is 15.6 Å². The van der Waals surface area contributed by atoms with E-state index in [4.69, 9.17) is 10.6 Å². The van der Waals surface area contributed by atoms with E-state index in [9.17, 15) is 19.5 Å². The summed E-state index contributed by atoms with van der Waals surface area (Å²) in [6, 6.07) is 4.85. The van der Waals surface area contributed by atoms with Crippen LogP contribution in [0.1, 0.15) is 31.4 Å². The highest BCUT2D eigenvalue weighted by molar-refractivity contribution is 8.00. The molecular weight excluding hydrogens is 542 g/mol. The number of thiazole rings is 1. The minimum Gasteiger partial charge on any atom is -0.477 e. The average Bonchev–Trinajstić information content (AvgIpc) is 3.69. The van der Waals surface area contributed by atoms with E-state index in [1.54, 1.807) is 5.38 Å². The van der Waals surface area contributed by atoms with Gasteiger partial charge in [-0.05, 0) is 31.7 Å². The monoisotopic (exact) mass is 568 g/mol. The maximum absolute atomic E-state index is 13.3. The van der Waals surface area contributed by atoms with Crippen molar-refractivity contribution in [2.75, 3.05) is 11.5 Å². The Kier molecular flexibility index (Phi) is 6.73. The molecule has 0 bridgehead atoms. The second-order valence-electron chi connectivity index (χ2n) is 9.53. The van der Waals surface area contributed by atoms with Gasteiger partial charge in [0.15, 0.2) is 10.8 Å². The summed E-state index contributed by atoms with van der Waals surface area (Å²) in [5.41, 5.74) is 7.45. The number of carbonyl (C=O) groups is 3. The van der Waals surface area contributed by atoms with E-state index < -0.39 is 29.2 Å². The molecular formula is C25H26N7O5S2+. The number of carbonyl (C=O) groups excluding carboxylic acids is 2. The van der Waals surface area contributed by atoms with Crippen LogP contribution >= 0.6 is 23.1 Å². The Balaban J connectivity index is 1.21. The number of carboxylic acids is 1. The number of anilines is 1. The molecule has 0 unspecified atom stereocenters. The number of fused-ring (bicyclic) bond motifs is 2. The minimum atomic E-state index is -1.18. The highest BCUT2D eigenvalue weighted by atomic mass is 32.2. The van der Waals surface area contributed by atoms with Crippen molar-refractivity contribution in [1.82, 2.24) is 19.6 Å². The zero-order chi connectivity index (χ0) is 27.1. The fraction of sp³-hybridized carbons (Fsp3) is 0.360. The molecule has 202 valence electrons. The van der Waals surface area contributed by atoms with Crippen LogP contribution in [0.2, 0.25) is 0 Å². The van der Waals surface area contributed by atoms with Gasteiger partial charge in [0.1, 0.15) is 47.8 Å². The number of aliphatic carboxylic acids is 1. The van der Waals surface area contributed by atoms with Crippen molar-refractivity contribution in [3.63, 3.8) is 0 Å². The number of nitrogens with one attached hydrogen (secondary N) is 1. The molecule has 3 aromatic rings. The number of nitrogen functional groups attached to an aromatic ring is 1. The lowest BCUT2D eigenvalue weighted by atomic mass is 10.0. The first-order valence-corrected chi connectivity index (χ1v) is 14.4. The zero-order valence-electron chi connectivity index (χ0n) is 20.7. The summed E-state index contributed by atoms with van der Waals surface area (Å²) in [4.78, 5) is 49.9. The quantitative estimate of drug-likeness (QED) is 0.159. The normalized spacial score (nSPS) is 21.7. The third kappa shape index (κ3) is 4.74. The van der Waals surface area contributed by atoms with E-state index in [0.717, 1.165) is 31.3 Å². The van der Waals surface area contributed by atoms with Gasteiger partial charge in [-0.15, -0.1) is 23.1 Å². The van der Waals surface area contributed by atoms with Crippen LogP contribution in [-0.2, 0) is 25.8 Å². The Labute approximate surface area is 231 Å². The molecule has 2 aliphatic heterocycles. The van der Waals surface area contributed by atoms with E-state index in [0.29, 0.717) is 17.9 Å². The van der Waals surface area contributed by atoms with Crippen molar-refractivity contribution >= 4 is 57.4 Å². The van der Waals surface area contributed by atoms with Crippen molar-refractivity contribution < 1.29 is 28.9 Å². The summed E-state index contributed by atoms with van der Waals surface area (Å²) in [6.45, 7) is 0.323. The molecule has 2 amide bonds. The van der Waals surface area contributed by atoms with Gasteiger partial charge in [-0.1, -0.05) is 11.2 Å². The lowest BCUT2D eigenvalue weighted by Gasteiger charge is -2.49. The standard InChI is InChI=1S/C25H25N7O5S2/c26-25-27-16(13-39-25)18(29-37-15-5-1-2-6-15)21(33)28-19-22(34)32-20(24(35)36)14(12-38-23(19)32)11-31-10-9-30-8-4-3-7-17(30)31/h3-4,7-10,13,15,19,23H,1-2,5-6,11-12H2,(H3-,26,27,28,33,35,36)/p+1/b29-18-/t19-,23+/m1/s1. The molecule has 39 heavy (non-hydrogen) atoms. The Morgan fingerprint density at radius 2 is 2.10 bits per heavy atom. The summed E-state index contributed by atoms with van der Waals surface area (Å²) in [7, 11) is 0. The third-order valence-corrected chi connectivity index (χ3v) is 9.06. The third-order valence-electron chi connectivity index (χ3n) is 7.04. The summed E-state index contributed by atoms with van der Waals surface area (Å²) in [5.74, 6) is -1.90. The van der Waals surface area contributed by atoms with Gasteiger partial charge in [0.25, 0.3) is 17.5 Å². The van der Waals surface area contributed by atoms with Gasteiger partial charge in [-0.2, -0.15) is 0 Å². The number of rotatable bonds is 8. The Hall–Kier alpha value is -3.91. The summed E-state index contributed by atoms with van der Waals surface area (Å²) >= 11 is 2.58. The summed E-state index contributed by atoms with van der Waals surface area (Å²) in [5, 5.41) is 18.2. The largest absolute Gasteiger partial charge is 0.477 e. The van der Waals surface area contributed by atoms with E-state index in [1.807, 2.05) is 45.8 Å². The predicted molar refractivity (Wildman–Crippen MR) is 144 cm³/mol. The Morgan fingerprint density at radius 1 is 1.28 bits per heavy atom.